The lowest BCUT2D eigenvalue weighted by molar-refractivity contribution is -0.129. The molecule has 0 bridgehead atoms. The highest BCUT2D eigenvalue weighted by molar-refractivity contribution is 5.78. The Morgan fingerprint density at radius 1 is 1.64 bits per heavy atom. The number of rotatable bonds is 6. The van der Waals surface area contributed by atoms with Gasteiger partial charge >= 0.3 is 0 Å². The number of hydrogen-bond donors (Lipinski definition) is 2. The molecule has 0 aromatic carbocycles. The van der Waals surface area contributed by atoms with Crippen molar-refractivity contribution in [1.29, 1.82) is 0 Å². The van der Waals surface area contributed by atoms with Gasteiger partial charge in [0.15, 0.2) is 0 Å². The zero-order valence-electron chi connectivity index (χ0n) is 8.99. The van der Waals surface area contributed by atoms with Gasteiger partial charge < -0.3 is 15.3 Å². The van der Waals surface area contributed by atoms with Gasteiger partial charge in [-0.15, -0.1) is 0 Å². The minimum absolute atomic E-state index is 0.151. The predicted octanol–water partition coefficient (Wildman–Crippen LogP) is -0.175. The van der Waals surface area contributed by atoms with Gasteiger partial charge in [0.1, 0.15) is 0 Å². The summed E-state index contributed by atoms with van der Waals surface area (Å²) in [6, 6.07) is 0.486. The number of amides is 1. The molecule has 2 N–H and O–H groups in total. The summed E-state index contributed by atoms with van der Waals surface area (Å²) in [5.74, 6) is 0.367. The third-order valence-electron chi connectivity index (χ3n) is 2.57. The summed E-state index contributed by atoms with van der Waals surface area (Å²) < 4.78 is 0. The van der Waals surface area contributed by atoms with Crippen LogP contribution in [0.25, 0.3) is 0 Å². The lowest BCUT2D eigenvalue weighted by Crippen LogP contribution is -2.38. The topological polar surface area (TPSA) is 52.6 Å². The van der Waals surface area contributed by atoms with Crippen LogP contribution in [0.5, 0.6) is 0 Å². The second kappa shape index (κ2) is 5.32. The van der Waals surface area contributed by atoms with E-state index in [1.165, 1.54) is 0 Å². The van der Waals surface area contributed by atoms with Crippen LogP contribution in [0.2, 0.25) is 0 Å². The largest absolute Gasteiger partial charge is 0.396 e. The number of aliphatic hydroxyl groups excluding tert-OH is 1. The molecular weight excluding hydrogens is 180 g/mol. The number of likely N-dealkylation sites (N-methyl/N-ethyl adjacent to an activating group) is 1. The molecule has 0 aliphatic heterocycles. The molecule has 0 aromatic rings. The molecule has 0 spiro atoms. The van der Waals surface area contributed by atoms with Gasteiger partial charge in [0.05, 0.1) is 6.54 Å². The summed E-state index contributed by atoms with van der Waals surface area (Å²) in [5.41, 5.74) is 0. The maximum absolute atomic E-state index is 11.5. The molecule has 4 nitrogen and oxygen atoms in total. The zero-order chi connectivity index (χ0) is 10.6. The SMILES string of the molecule is CC(CO)CNCC(=O)N(C)C1CC1. The Bertz CT molecular complexity index is 193. The van der Waals surface area contributed by atoms with Crippen molar-refractivity contribution >= 4 is 5.91 Å². The monoisotopic (exact) mass is 200 g/mol. The van der Waals surface area contributed by atoms with Crippen LogP contribution in [0.3, 0.4) is 0 Å². The summed E-state index contributed by atoms with van der Waals surface area (Å²) in [6.45, 7) is 3.19. The maximum atomic E-state index is 11.5. The average molecular weight is 200 g/mol. The molecule has 1 rings (SSSR count). The van der Waals surface area contributed by atoms with Gasteiger partial charge in [-0.3, -0.25) is 4.79 Å². The standard InChI is InChI=1S/C10H20N2O2/c1-8(7-13)5-11-6-10(14)12(2)9-3-4-9/h8-9,11,13H,3-7H2,1-2H3. The molecule has 1 aliphatic carbocycles. The number of hydrogen-bond acceptors (Lipinski definition) is 3. The van der Waals surface area contributed by atoms with Crippen molar-refractivity contribution in [2.45, 2.75) is 25.8 Å². The Labute approximate surface area is 85.3 Å². The lowest BCUT2D eigenvalue weighted by Gasteiger charge is -2.17. The highest BCUT2D eigenvalue weighted by atomic mass is 16.3. The third-order valence-corrected chi connectivity index (χ3v) is 2.57. The van der Waals surface area contributed by atoms with Crippen LogP contribution in [0.15, 0.2) is 0 Å². The highest BCUT2D eigenvalue weighted by Gasteiger charge is 2.28. The second-order valence-corrected chi connectivity index (χ2v) is 4.15. The fourth-order valence-electron chi connectivity index (χ4n) is 1.28. The van der Waals surface area contributed by atoms with Gasteiger partial charge in [-0.05, 0) is 18.8 Å². The van der Waals surface area contributed by atoms with Crippen molar-refractivity contribution in [3.05, 3.63) is 0 Å². The first-order chi connectivity index (χ1) is 6.65. The van der Waals surface area contributed by atoms with Gasteiger partial charge in [0.2, 0.25) is 5.91 Å². The molecule has 1 atom stereocenters. The highest BCUT2D eigenvalue weighted by Crippen LogP contribution is 2.24. The number of nitrogens with one attached hydrogen (secondary N) is 1. The molecule has 1 aliphatic rings. The summed E-state index contributed by atoms with van der Waals surface area (Å²) in [6.07, 6.45) is 2.30. The van der Waals surface area contributed by atoms with E-state index in [9.17, 15) is 4.79 Å². The summed E-state index contributed by atoms with van der Waals surface area (Å²) in [7, 11) is 1.86. The Hall–Kier alpha value is -0.610. The van der Waals surface area contributed by atoms with Gasteiger partial charge in [0.25, 0.3) is 0 Å². The first kappa shape index (κ1) is 11.5. The Balaban J connectivity index is 2.08. The Kier molecular flexibility index (Phi) is 4.35. The minimum atomic E-state index is 0.151. The van der Waals surface area contributed by atoms with E-state index < -0.39 is 0 Å². The van der Waals surface area contributed by atoms with Crippen LogP contribution in [0.4, 0.5) is 0 Å². The molecular formula is C10H20N2O2. The predicted molar refractivity (Wildman–Crippen MR) is 54.9 cm³/mol. The number of carbonyl (C=O) groups excluding carboxylic acids is 1. The molecule has 1 unspecified atom stereocenters. The summed E-state index contributed by atoms with van der Waals surface area (Å²) >= 11 is 0. The van der Waals surface area contributed by atoms with E-state index in [1.54, 1.807) is 0 Å². The number of nitrogens with zero attached hydrogens (tertiary/aromatic N) is 1. The molecule has 14 heavy (non-hydrogen) atoms. The van der Waals surface area contributed by atoms with Gasteiger partial charge in [0, 0.05) is 26.2 Å². The molecule has 0 saturated heterocycles. The fourth-order valence-corrected chi connectivity index (χ4v) is 1.28. The van der Waals surface area contributed by atoms with Gasteiger partial charge in [-0.2, -0.15) is 0 Å². The molecule has 0 heterocycles. The van der Waals surface area contributed by atoms with Crippen LogP contribution in [0, 0.1) is 5.92 Å². The molecule has 1 amide bonds. The van der Waals surface area contributed by atoms with Crippen LogP contribution >= 0.6 is 0 Å². The van der Waals surface area contributed by atoms with Crippen molar-refractivity contribution in [3.8, 4) is 0 Å². The normalized spacial score (nSPS) is 17.9. The molecule has 82 valence electrons. The molecule has 0 aromatic heterocycles. The molecule has 1 fully saturated rings. The first-order valence-electron chi connectivity index (χ1n) is 5.22. The molecule has 4 heteroatoms. The van der Waals surface area contributed by atoms with Crippen LogP contribution < -0.4 is 5.32 Å². The van der Waals surface area contributed by atoms with Crippen LogP contribution in [-0.4, -0.2) is 48.7 Å². The number of aliphatic hydroxyl groups is 1. The van der Waals surface area contributed by atoms with E-state index in [4.69, 9.17) is 5.11 Å². The zero-order valence-corrected chi connectivity index (χ0v) is 8.99. The van der Waals surface area contributed by atoms with Crippen molar-refractivity contribution in [1.82, 2.24) is 10.2 Å². The summed E-state index contributed by atoms with van der Waals surface area (Å²) in [5, 5.41) is 11.8. The van der Waals surface area contributed by atoms with Crippen LogP contribution in [-0.2, 0) is 4.79 Å². The van der Waals surface area contributed by atoms with Crippen LogP contribution in [0.1, 0.15) is 19.8 Å². The van der Waals surface area contributed by atoms with Gasteiger partial charge in [-0.1, -0.05) is 6.92 Å². The smallest absolute Gasteiger partial charge is 0.236 e. The van der Waals surface area contributed by atoms with Crippen molar-refractivity contribution in [2.24, 2.45) is 5.92 Å². The minimum Gasteiger partial charge on any atom is -0.396 e. The van der Waals surface area contributed by atoms with Crippen molar-refractivity contribution in [2.75, 3.05) is 26.7 Å². The van der Waals surface area contributed by atoms with E-state index >= 15 is 0 Å². The van der Waals surface area contributed by atoms with E-state index in [2.05, 4.69) is 5.32 Å². The second-order valence-electron chi connectivity index (χ2n) is 4.15. The van der Waals surface area contributed by atoms with E-state index in [0.717, 1.165) is 12.8 Å². The van der Waals surface area contributed by atoms with Gasteiger partial charge in [-0.25, -0.2) is 0 Å². The van der Waals surface area contributed by atoms with E-state index in [1.807, 2.05) is 18.9 Å². The summed E-state index contributed by atoms with van der Waals surface area (Å²) in [4.78, 5) is 13.3. The third kappa shape index (κ3) is 3.64. The lowest BCUT2D eigenvalue weighted by atomic mass is 10.2. The Morgan fingerprint density at radius 3 is 2.79 bits per heavy atom. The average Bonchev–Trinajstić information content (AvgIpc) is 2.99. The number of carbonyl (C=O) groups is 1. The van der Waals surface area contributed by atoms with E-state index in [-0.39, 0.29) is 18.4 Å². The molecule has 1 saturated carbocycles. The molecule has 0 radical (unpaired) electrons. The maximum Gasteiger partial charge on any atom is 0.236 e. The quantitative estimate of drug-likeness (QED) is 0.625. The fraction of sp³-hybridized carbons (Fsp3) is 0.900. The van der Waals surface area contributed by atoms with Crippen molar-refractivity contribution in [3.63, 3.8) is 0 Å². The first-order valence-corrected chi connectivity index (χ1v) is 5.22. The Morgan fingerprint density at radius 2 is 2.29 bits per heavy atom. The van der Waals surface area contributed by atoms with Crippen molar-refractivity contribution < 1.29 is 9.90 Å². The van der Waals surface area contributed by atoms with E-state index in [0.29, 0.717) is 19.1 Å².